The van der Waals surface area contributed by atoms with Gasteiger partial charge in [-0.15, -0.1) is 0 Å². The molecule has 1 saturated heterocycles. The van der Waals surface area contributed by atoms with Crippen LogP contribution in [0.25, 0.3) is 10.9 Å². The van der Waals surface area contributed by atoms with Crippen molar-refractivity contribution in [2.75, 3.05) is 20.8 Å². The molecule has 1 fully saturated rings. The van der Waals surface area contributed by atoms with Gasteiger partial charge in [0.1, 0.15) is 11.5 Å². The Kier molecular flexibility index (Phi) is 4.75. The molecule has 1 aliphatic heterocycles. The predicted octanol–water partition coefficient (Wildman–Crippen LogP) is 4.09. The molecular weight excluding hydrogens is 340 g/mol. The summed E-state index contributed by atoms with van der Waals surface area (Å²) in [5.41, 5.74) is 3.15. The summed E-state index contributed by atoms with van der Waals surface area (Å²) in [5.74, 6) is 1.68. The molecule has 1 N–H and O–H groups in total. The summed E-state index contributed by atoms with van der Waals surface area (Å²) in [6.45, 7) is 0.779. The molecule has 1 unspecified atom stereocenters. The van der Waals surface area contributed by atoms with E-state index in [1.807, 2.05) is 47.5 Å². The Hall–Kier alpha value is -2.95. The molecule has 27 heavy (non-hydrogen) atoms. The average molecular weight is 364 g/mol. The second kappa shape index (κ2) is 7.35. The van der Waals surface area contributed by atoms with E-state index in [-0.39, 0.29) is 11.9 Å². The molecule has 4 rings (SSSR count). The third-order valence-corrected chi connectivity index (χ3v) is 5.39. The molecule has 5 heteroatoms. The molecule has 0 saturated carbocycles. The smallest absolute Gasteiger partial charge is 0.227 e. The second-order valence-electron chi connectivity index (χ2n) is 6.89. The number of para-hydroxylation sites is 1. The minimum atomic E-state index is 0.0450. The van der Waals surface area contributed by atoms with E-state index in [4.69, 9.17) is 9.47 Å². The minimum Gasteiger partial charge on any atom is -0.497 e. The maximum atomic E-state index is 13.1. The Balaban J connectivity index is 1.59. The van der Waals surface area contributed by atoms with Crippen molar-refractivity contribution in [2.24, 2.45) is 0 Å². The number of rotatable bonds is 5. The van der Waals surface area contributed by atoms with Crippen LogP contribution in [0.4, 0.5) is 0 Å². The van der Waals surface area contributed by atoms with Crippen molar-refractivity contribution in [1.29, 1.82) is 0 Å². The molecule has 0 spiro atoms. The normalized spacial score (nSPS) is 16.7. The van der Waals surface area contributed by atoms with Gasteiger partial charge in [0.2, 0.25) is 5.91 Å². The Labute approximate surface area is 158 Å². The summed E-state index contributed by atoms with van der Waals surface area (Å²) in [4.78, 5) is 18.4. The molecule has 2 aromatic carbocycles. The fourth-order valence-corrected chi connectivity index (χ4v) is 4.02. The standard InChI is InChI=1S/C22H24N2O3/c1-26-16-9-10-18(21(13-16)27-2)20-8-5-11-24(20)22(25)12-15-14-23-19-7-4-3-6-17(15)19/h3-4,6-7,9-10,13-14,20,23H,5,8,11-12H2,1-2H3. The van der Waals surface area contributed by atoms with Crippen molar-refractivity contribution in [1.82, 2.24) is 9.88 Å². The van der Waals surface area contributed by atoms with Crippen molar-refractivity contribution < 1.29 is 14.3 Å². The SMILES string of the molecule is COc1ccc(C2CCCN2C(=O)Cc2c[nH]c3ccccc23)c(OC)c1. The number of likely N-dealkylation sites (tertiary alicyclic amines) is 1. The Morgan fingerprint density at radius 2 is 2.04 bits per heavy atom. The monoisotopic (exact) mass is 364 g/mol. The lowest BCUT2D eigenvalue weighted by atomic mass is 10.0. The first kappa shape index (κ1) is 17.5. The van der Waals surface area contributed by atoms with Gasteiger partial charge >= 0.3 is 0 Å². The van der Waals surface area contributed by atoms with E-state index in [0.29, 0.717) is 6.42 Å². The lowest BCUT2D eigenvalue weighted by Gasteiger charge is -2.26. The zero-order chi connectivity index (χ0) is 18.8. The number of amides is 1. The Morgan fingerprint density at radius 1 is 1.19 bits per heavy atom. The van der Waals surface area contributed by atoms with Crippen LogP contribution < -0.4 is 9.47 Å². The third-order valence-electron chi connectivity index (χ3n) is 5.39. The second-order valence-corrected chi connectivity index (χ2v) is 6.89. The summed E-state index contributed by atoms with van der Waals surface area (Å²) in [6, 6.07) is 14.0. The van der Waals surface area contributed by atoms with Crippen LogP contribution in [0.5, 0.6) is 11.5 Å². The van der Waals surface area contributed by atoms with Gasteiger partial charge in [0.25, 0.3) is 0 Å². The Morgan fingerprint density at radius 3 is 2.85 bits per heavy atom. The van der Waals surface area contributed by atoms with Gasteiger partial charge in [0.15, 0.2) is 0 Å². The van der Waals surface area contributed by atoms with Crippen LogP contribution in [0.3, 0.4) is 0 Å². The number of nitrogens with zero attached hydrogens (tertiary/aromatic N) is 1. The van der Waals surface area contributed by atoms with Crippen molar-refractivity contribution in [3.8, 4) is 11.5 Å². The van der Waals surface area contributed by atoms with Crippen LogP contribution in [0.2, 0.25) is 0 Å². The molecule has 0 radical (unpaired) electrons. The number of carbonyl (C=O) groups is 1. The van der Waals surface area contributed by atoms with E-state index in [1.165, 1.54) is 0 Å². The highest BCUT2D eigenvalue weighted by molar-refractivity contribution is 5.89. The fraction of sp³-hybridized carbons (Fsp3) is 0.318. The van der Waals surface area contributed by atoms with Crippen LogP contribution in [0.15, 0.2) is 48.7 Å². The quantitative estimate of drug-likeness (QED) is 0.742. The zero-order valence-corrected chi connectivity index (χ0v) is 15.7. The van der Waals surface area contributed by atoms with Crippen LogP contribution in [0, 0.1) is 0 Å². The number of fused-ring (bicyclic) bond motifs is 1. The summed E-state index contributed by atoms with van der Waals surface area (Å²) in [7, 11) is 3.30. The first-order valence-electron chi connectivity index (χ1n) is 9.27. The lowest BCUT2D eigenvalue weighted by molar-refractivity contribution is -0.131. The molecule has 5 nitrogen and oxygen atoms in total. The van der Waals surface area contributed by atoms with E-state index >= 15 is 0 Å². The van der Waals surface area contributed by atoms with E-state index < -0.39 is 0 Å². The summed E-state index contributed by atoms with van der Waals surface area (Å²) < 4.78 is 10.9. The molecule has 0 aliphatic carbocycles. The number of nitrogens with one attached hydrogen (secondary N) is 1. The molecular formula is C22H24N2O3. The molecule has 1 aliphatic rings. The average Bonchev–Trinajstić information content (AvgIpc) is 3.35. The lowest BCUT2D eigenvalue weighted by Crippen LogP contribution is -2.32. The molecule has 3 aromatic rings. The number of hydrogen-bond donors (Lipinski definition) is 1. The largest absolute Gasteiger partial charge is 0.497 e. The van der Waals surface area contributed by atoms with Crippen LogP contribution in [-0.4, -0.2) is 36.6 Å². The number of hydrogen-bond acceptors (Lipinski definition) is 3. The Bertz CT molecular complexity index is 963. The van der Waals surface area contributed by atoms with E-state index in [2.05, 4.69) is 11.1 Å². The van der Waals surface area contributed by atoms with Crippen LogP contribution in [-0.2, 0) is 11.2 Å². The number of aromatic amines is 1. The van der Waals surface area contributed by atoms with Gasteiger partial charge in [0.05, 0.1) is 26.7 Å². The summed E-state index contributed by atoms with van der Waals surface area (Å²) in [5, 5.41) is 1.11. The first-order chi connectivity index (χ1) is 13.2. The number of ether oxygens (including phenoxy) is 2. The topological polar surface area (TPSA) is 54.6 Å². The molecule has 2 heterocycles. The minimum absolute atomic E-state index is 0.0450. The number of benzene rings is 2. The summed E-state index contributed by atoms with van der Waals surface area (Å²) in [6.07, 6.45) is 4.29. The zero-order valence-electron chi connectivity index (χ0n) is 15.7. The molecule has 1 atom stereocenters. The van der Waals surface area contributed by atoms with Gasteiger partial charge < -0.3 is 19.4 Å². The third kappa shape index (κ3) is 3.25. The number of aromatic nitrogens is 1. The van der Waals surface area contributed by atoms with Crippen molar-refractivity contribution in [3.05, 3.63) is 59.8 Å². The molecule has 1 amide bonds. The fourth-order valence-electron chi connectivity index (χ4n) is 4.02. The molecule has 0 bridgehead atoms. The highest BCUT2D eigenvalue weighted by Gasteiger charge is 2.32. The van der Waals surface area contributed by atoms with Gasteiger partial charge in [-0.25, -0.2) is 0 Å². The van der Waals surface area contributed by atoms with Gasteiger partial charge in [0, 0.05) is 35.3 Å². The van der Waals surface area contributed by atoms with Gasteiger partial charge in [-0.3, -0.25) is 4.79 Å². The predicted molar refractivity (Wildman–Crippen MR) is 105 cm³/mol. The van der Waals surface area contributed by atoms with Crippen LogP contribution in [0.1, 0.15) is 30.0 Å². The number of methoxy groups -OCH3 is 2. The number of H-pyrrole nitrogens is 1. The summed E-state index contributed by atoms with van der Waals surface area (Å²) >= 11 is 0. The highest BCUT2D eigenvalue weighted by atomic mass is 16.5. The van der Waals surface area contributed by atoms with Crippen molar-refractivity contribution in [2.45, 2.75) is 25.3 Å². The van der Waals surface area contributed by atoms with Gasteiger partial charge in [-0.2, -0.15) is 0 Å². The van der Waals surface area contributed by atoms with Gasteiger partial charge in [-0.1, -0.05) is 18.2 Å². The van der Waals surface area contributed by atoms with Crippen LogP contribution >= 0.6 is 0 Å². The van der Waals surface area contributed by atoms with E-state index in [1.54, 1.807) is 14.2 Å². The molecule has 1 aromatic heterocycles. The molecule has 140 valence electrons. The van der Waals surface area contributed by atoms with Crippen molar-refractivity contribution in [3.63, 3.8) is 0 Å². The first-order valence-corrected chi connectivity index (χ1v) is 9.27. The van der Waals surface area contributed by atoms with E-state index in [9.17, 15) is 4.79 Å². The highest BCUT2D eigenvalue weighted by Crippen LogP contribution is 2.39. The van der Waals surface area contributed by atoms with Crippen molar-refractivity contribution >= 4 is 16.8 Å². The maximum Gasteiger partial charge on any atom is 0.227 e. The van der Waals surface area contributed by atoms with Gasteiger partial charge in [-0.05, 0) is 36.6 Å². The number of carbonyl (C=O) groups excluding carboxylic acids is 1. The van der Waals surface area contributed by atoms with E-state index in [0.717, 1.165) is 52.9 Å². The maximum absolute atomic E-state index is 13.1.